The average molecular weight is 332 g/mol. The highest BCUT2D eigenvalue weighted by Gasteiger charge is 2.10. The molecule has 1 aromatic carbocycles. The second kappa shape index (κ2) is 11.2. The third kappa shape index (κ3) is 7.22. The molecule has 0 N–H and O–H groups in total. The lowest BCUT2D eigenvalue weighted by molar-refractivity contribution is -0.137. The second-order valence-corrected chi connectivity index (χ2v) is 5.25. The number of carbonyl (C=O) groups is 3. The summed E-state index contributed by atoms with van der Waals surface area (Å²) in [5.74, 6) is -0.847. The first kappa shape index (κ1) is 19.6. The molecule has 5 heteroatoms. The monoisotopic (exact) mass is 332 g/mol. The molecule has 0 spiro atoms. The van der Waals surface area contributed by atoms with Crippen molar-refractivity contribution in [2.75, 3.05) is 13.2 Å². The molecule has 0 fully saturated rings. The van der Waals surface area contributed by atoms with Gasteiger partial charge >= 0.3 is 11.9 Å². The third-order valence-corrected chi connectivity index (χ3v) is 3.40. The summed E-state index contributed by atoms with van der Waals surface area (Å²) in [7, 11) is 0. The summed E-state index contributed by atoms with van der Waals surface area (Å²) in [5.41, 5.74) is 1.48. The lowest BCUT2D eigenvalue weighted by Crippen LogP contribution is -2.07. The standard InChI is InChI=1S/C19H24O5/c1-3-23-18(21)8-6-5-7-16(14-20)13-15-9-11-17(12-10-15)19(22)24-4-2/h6,8-12,14,16H,3-5,7,13H2,1-2H3. The van der Waals surface area contributed by atoms with E-state index in [-0.39, 0.29) is 17.9 Å². The van der Waals surface area contributed by atoms with Gasteiger partial charge in [-0.05, 0) is 50.8 Å². The van der Waals surface area contributed by atoms with Gasteiger partial charge in [-0.1, -0.05) is 18.2 Å². The van der Waals surface area contributed by atoms with Crippen molar-refractivity contribution in [3.05, 3.63) is 47.5 Å². The summed E-state index contributed by atoms with van der Waals surface area (Å²) in [6.07, 6.45) is 5.91. The molecule has 1 unspecified atom stereocenters. The topological polar surface area (TPSA) is 69.7 Å². The first-order valence-electron chi connectivity index (χ1n) is 8.15. The van der Waals surface area contributed by atoms with Gasteiger partial charge in [0, 0.05) is 12.0 Å². The average Bonchev–Trinajstić information content (AvgIpc) is 2.58. The molecule has 0 heterocycles. The van der Waals surface area contributed by atoms with E-state index < -0.39 is 0 Å². The van der Waals surface area contributed by atoms with Crippen LogP contribution in [0.15, 0.2) is 36.4 Å². The number of aldehydes is 1. The van der Waals surface area contributed by atoms with Gasteiger partial charge in [0.25, 0.3) is 0 Å². The van der Waals surface area contributed by atoms with Gasteiger partial charge in [-0.2, -0.15) is 0 Å². The molecule has 0 saturated carbocycles. The van der Waals surface area contributed by atoms with Gasteiger partial charge in [-0.3, -0.25) is 0 Å². The molecule has 0 saturated heterocycles. The number of benzene rings is 1. The van der Waals surface area contributed by atoms with Crippen LogP contribution in [0, 0.1) is 5.92 Å². The molecule has 0 aliphatic rings. The Morgan fingerprint density at radius 3 is 2.33 bits per heavy atom. The molecule has 0 bridgehead atoms. The number of carbonyl (C=O) groups excluding carboxylic acids is 3. The Balaban J connectivity index is 2.49. The van der Waals surface area contributed by atoms with Crippen molar-refractivity contribution in [3.63, 3.8) is 0 Å². The zero-order valence-corrected chi connectivity index (χ0v) is 14.2. The fourth-order valence-corrected chi connectivity index (χ4v) is 2.19. The third-order valence-electron chi connectivity index (χ3n) is 3.40. The van der Waals surface area contributed by atoms with E-state index in [1.807, 2.05) is 12.1 Å². The normalized spacial score (nSPS) is 11.9. The lowest BCUT2D eigenvalue weighted by atomic mass is 9.95. The Labute approximate surface area is 142 Å². The molecule has 1 rings (SSSR count). The van der Waals surface area contributed by atoms with E-state index in [4.69, 9.17) is 9.47 Å². The molecule has 0 aliphatic carbocycles. The maximum absolute atomic E-state index is 11.6. The molecule has 0 amide bonds. The smallest absolute Gasteiger partial charge is 0.338 e. The van der Waals surface area contributed by atoms with Gasteiger partial charge in [-0.15, -0.1) is 0 Å². The highest BCUT2D eigenvalue weighted by atomic mass is 16.5. The zero-order valence-electron chi connectivity index (χ0n) is 14.2. The van der Waals surface area contributed by atoms with Crippen molar-refractivity contribution >= 4 is 18.2 Å². The van der Waals surface area contributed by atoms with Crippen molar-refractivity contribution in [3.8, 4) is 0 Å². The predicted molar refractivity (Wildman–Crippen MR) is 90.7 cm³/mol. The molecular formula is C19H24O5. The van der Waals surface area contributed by atoms with Crippen LogP contribution in [0.5, 0.6) is 0 Å². The van der Waals surface area contributed by atoms with E-state index >= 15 is 0 Å². The molecule has 5 nitrogen and oxygen atoms in total. The molecule has 1 aromatic rings. The number of hydrogen-bond acceptors (Lipinski definition) is 5. The molecular weight excluding hydrogens is 308 g/mol. The van der Waals surface area contributed by atoms with E-state index in [1.54, 1.807) is 32.1 Å². The number of ether oxygens (including phenoxy) is 2. The largest absolute Gasteiger partial charge is 0.463 e. The molecule has 0 radical (unpaired) electrons. The SMILES string of the molecule is CCOC(=O)C=CCCC(C=O)Cc1ccc(C(=O)OCC)cc1. The first-order valence-corrected chi connectivity index (χ1v) is 8.15. The van der Waals surface area contributed by atoms with E-state index in [2.05, 4.69) is 0 Å². The van der Waals surface area contributed by atoms with Crippen LogP contribution in [-0.2, 0) is 25.5 Å². The van der Waals surface area contributed by atoms with Crippen LogP contribution in [0.3, 0.4) is 0 Å². The maximum Gasteiger partial charge on any atom is 0.338 e. The summed E-state index contributed by atoms with van der Waals surface area (Å²) in [6.45, 7) is 4.20. The van der Waals surface area contributed by atoms with Gasteiger partial charge in [0.2, 0.25) is 0 Å². The van der Waals surface area contributed by atoms with Gasteiger partial charge in [-0.25, -0.2) is 9.59 Å². The number of hydrogen-bond donors (Lipinski definition) is 0. The van der Waals surface area contributed by atoms with Gasteiger partial charge in [0.1, 0.15) is 6.29 Å². The predicted octanol–water partition coefficient (Wildman–Crippen LogP) is 3.12. The van der Waals surface area contributed by atoms with E-state index in [1.165, 1.54) is 6.08 Å². The highest BCUT2D eigenvalue weighted by molar-refractivity contribution is 5.89. The molecule has 24 heavy (non-hydrogen) atoms. The minimum atomic E-state index is -0.366. The zero-order chi connectivity index (χ0) is 17.8. The highest BCUT2D eigenvalue weighted by Crippen LogP contribution is 2.14. The summed E-state index contributed by atoms with van der Waals surface area (Å²) >= 11 is 0. The van der Waals surface area contributed by atoms with Crippen LogP contribution in [0.1, 0.15) is 42.6 Å². The second-order valence-electron chi connectivity index (χ2n) is 5.25. The molecule has 1 atom stereocenters. The lowest BCUT2D eigenvalue weighted by Gasteiger charge is -2.09. The van der Waals surface area contributed by atoms with E-state index in [9.17, 15) is 14.4 Å². The molecule has 0 aliphatic heterocycles. The van der Waals surface area contributed by atoms with Crippen molar-refractivity contribution in [2.45, 2.75) is 33.1 Å². The van der Waals surface area contributed by atoms with Gasteiger partial charge in [0.05, 0.1) is 18.8 Å². The fourth-order valence-electron chi connectivity index (χ4n) is 2.19. The maximum atomic E-state index is 11.6. The van der Waals surface area contributed by atoms with E-state index in [0.29, 0.717) is 38.0 Å². The minimum absolute atomic E-state index is 0.134. The fraction of sp³-hybridized carbons (Fsp3) is 0.421. The molecule has 0 aromatic heterocycles. The summed E-state index contributed by atoms with van der Waals surface area (Å²) in [5, 5.41) is 0. The Morgan fingerprint density at radius 2 is 1.75 bits per heavy atom. The van der Waals surface area contributed by atoms with Crippen molar-refractivity contribution in [1.82, 2.24) is 0 Å². The van der Waals surface area contributed by atoms with Crippen LogP contribution >= 0.6 is 0 Å². The van der Waals surface area contributed by atoms with Crippen LogP contribution in [0.4, 0.5) is 0 Å². The summed E-state index contributed by atoms with van der Waals surface area (Å²) in [6, 6.07) is 7.07. The quantitative estimate of drug-likeness (QED) is 0.374. The Morgan fingerprint density at radius 1 is 1.08 bits per heavy atom. The number of esters is 2. The number of allylic oxidation sites excluding steroid dienone is 1. The van der Waals surface area contributed by atoms with Crippen molar-refractivity contribution < 1.29 is 23.9 Å². The van der Waals surface area contributed by atoms with Crippen LogP contribution in [-0.4, -0.2) is 31.4 Å². The Kier molecular flexibility index (Phi) is 9.12. The molecule has 130 valence electrons. The first-order chi connectivity index (χ1) is 11.6. The van der Waals surface area contributed by atoms with Crippen molar-refractivity contribution in [2.24, 2.45) is 5.92 Å². The van der Waals surface area contributed by atoms with Crippen LogP contribution in [0.2, 0.25) is 0 Å². The Hall–Kier alpha value is -2.43. The minimum Gasteiger partial charge on any atom is -0.463 e. The number of rotatable bonds is 10. The van der Waals surface area contributed by atoms with E-state index in [0.717, 1.165) is 11.8 Å². The summed E-state index contributed by atoms with van der Waals surface area (Å²) < 4.78 is 9.72. The summed E-state index contributed by atoms with van der Waals surface area (Å²) in [4.78, 5) is 34.0. The van der Waals surface area contributed by atoms with Crippen LogP contribution in [0.25, 0.3) is 0 Å². The van der Waals surface area contributed by atoms with Gasteiger partial charge in [0.15, 0.2) is 0 Å². The van der Waals surface area contributed by atoms with Crippen LogP contribution < -0.4 is 0 Å². The van der Waals surface area contributed by atoms with Crippen molar-refractivity contribution in [1.29, 1.82) is 0 Å². The Bertz CT molecular complexity index is 560. The van der Waals surface area contributed by atoms with Gasteiger partial charge < -0.3 is 14.3 Å².